The van der Waals surface area contributed by atoms with E-state index in [4.69, 9.17) is 0 Å². The smallest absolute Gasteiger partial charge is 0.0688 e. The third-order valence-corrected chi connectivity index (χ3v) is 8.58. The molecule has 0 fully saturated rings. The molecule has 0 spiro atoms. The predicted molar refractivity (Wildman–Crippen MR) is 63.5 cm³/mol. The molecule has 0 saturated heterocycles. The molecule has 0 aliphatic carbocycles. The monoisotopic (exact) mass is 205 g/mol. The standard InChI is InChI=1S/C8H21SSi2/c1-10(2,3)7-9-8-11(4,5)6/h7H,8H2,1-6H3/q+1. The van der Waals surface area contributed by atoms with Crippen LogP contribution in [0.3, 0.4) is 0 Å². The van der Waals surface area contributed by atoms with Crippen LogP contribution in [0.25, 0.3) is 0 Å². The summed E-state index contributed by atoms with van der Waals surface area (Å²) in [6, 6.07) is 0. The molecule has 0 saturated carbocycles. The molecular weight excluding hydrogens is 184 g/mol. The summed E-state index contributed by atoms with van der Waals surface area (Å²) < 4.78 is 0. The second kappa shape index (κ2) is 4.05. The molecule has 3 heteroatoms. The van der Waals surface area contributed by atoms with Gasteiger partial charge in [-0.1, -0.05) is 19.6 Å². The highest BCUT2D eigenvalue weighted by Gasteiger charge is 2.28. The maximum Gasteiger partial charge on any atom is 0.272 e. The van der Waals surface area contributed by atoms with Crippen LogP contribution in [0.1, 0.15) is 0 Å². The van der Waals surface area contributed by atoms with Crippen LogP contribution in [-0.4, -0.2) is 21.5 Å². The third-order valence-electron chi connectivity index (χ3n) is 0.953. The van der Waals surface area contributed by atoms with Crippen LogP contribution in [0, 0.1) is 5.38 Å². The number of thioether (sulfide) groups is 1. The lowest BCUT2D eigenvalue weighted by atomic mass is 11.7. The molecule has 0 aliphatic rings. The van der Waals surface area contributed by atoms with Crippen molar-refractivity contribution in [2.24, 2.45) is 0 Å². The van der Waals surface area contributed by atoms with Crippen LogP contribution in [0.5, 0.6) is 0 Å². The van der Waals surface area contributed by atoms with Gasteiger partial charge in [-0.25, -0.2) is 0 Å². The molecule has 11 heavy (non-hydrogen) atoms. The van der Waals surface area contributed by atoms with Gasteiger partial charge in [-0.2, -0.15) is 0 Å². The summed E-state index contributed by atoms with van der Waals surface area (Å²) in [6.45, 7) is 14.5. The Morgan fingerprint density at radius 3 is 1.73 bits per heavy atom. The van der Waals surface area contributed by atoms with E-state index >= 15 is 0 Å². The third kappa shape index (κ3) is 10.7. The normalized spacial score (nSPS) is 13.3. The zero-order chi connectivity index (χ0) is 9.12. The fourth-order valence-corrected chi connectivity index (χ4v) is 5.62. The highest BCUT2D eigenvalue weighted by atomic mass is 32.2. The Morgan fingerprint density at radius 2 is 1.45 bits per heavy atom. The van der Waals surface area contributed by atoms with Crippen molar-refractivity contribution in [3.05, 3.63) is 5.38 Å². The summed E-state index contributed by atoms with van der Waals surface area (Å²) in [5, 5.41) is 3.89. The summed E-state index contributed by atoms with van der Waals surface area (Å²) in [5.74, 6) is 0. The average molecular weight is 205 g/mol. The topological polar surface area (TPSA) is 0 Å². The first-order valence-corrected chi connectivity index (χ1v) is 12.5. The minimum absolute atomic E-state index is 0.803. The molecule has 0 rings (SSSR count). The van der Waals surface area contributed by atoms with Gasteiger partial charge >= 0.3 is 0 Å². The Balaban J connectivity index is 3.44. The van der Waals surface area contributed by atoms with Crippen molar-refractivity contribution in [2.75, 3.05) is 5.38 Å². The summed E-state index contributed by atoms with van der Waals surface area (Å²) in [5.41, 5.74) is 0. The van der Waals surface area contributed by atoms with Crippen molar-refractivity contribution < 1.29 is 0 Å². The Bertz CT molecular complexity index is 96.2. The fourth-order valence-electron chi connectivity index (χ4n) is 0.542. The SMILES string of the molecule is C[Si](C)(C)[CH+]SC[Si](C)(C)C. The molecule has 0 aromatic rings. The molecule has 0 N–H and O–H groups in total. The van der Waals surface area contributed by atoms with E-state index in [-0.39, 0.29) is 0 Å². The summed E-state index contributed by atoms with van der Waals surface area (Å²) >= 11 is 2.07. The van der Waals surface area contributed by atoms with E-state index in [9.17, 15) is 0 Å². The zero-order valence-electron chi connectivity index (χ0n) is 8.69. The van der Waals surface area contributed by atoms with Gasteiger partial charge in [0.1, 0.15) is 0 Å². The zero-order valence-corrected chi connectivity index (χ0v) is 11.5. The second-order valence-electron chi connectivity index (χ2n) is 5.36. The quantitative estimate of drug-likeness (QED) is 0.499. The molecule has 0 aliphatic heterocycles. The maximum atomic E-state index is 2.51. The molecule has 0 atom stereocenters. The Kier molecular flexibility index (Phi) is 4.29. The lowest BCUT2D eigenvalue weighted by Gasteiger charge is -2.12. The van der Waals surface area contributed by atoms with Gasteiger partial charge in [-0.05, 0) is 19.6 Å². The van der Waals surface area contributed by atoms with Gasteiger partial charge in [0.2, 0.25) is 0 Å². The molecule has 0 nitrogen and oxygen atoms in total. The van der Waals surface area contributed by atoms with Crippen LogP contribution in [0.15, 0.2) is 0 Å². The van der Waals surface area contributed by atoms with Gasteiger partial charge in [-0.15, -0.1) is 0 Å². The van der Waals surface area contributed by atoms with E-state index in [1.807, 2.05) is 0 Å². The molecule has 0 unspecified atom stereocenters. The summed E-state index contributed by atoms with van der Waals surface area (Å²) in [6.07, 6.45) is 0. The highest BCUT2D eigenvalue weighted by Crippen LogP contribution is 2.20. The number of hydrogen-bond acceptors (Lipinski definition) is 1. The van der Waals surface area contributed by atoms with E-state index in [1.54, 1.807) is 0 Å². The van der Waals surface area contributed by atoms with Gasteiger partial charge in [-0.3, -0.25) is 0 Å². The van der Waals surface area contributed by atoms with E-state index in [0.717, 1.165) is 0 Å². The molecule has 0 radical (unpaired) electrons. The maximum absolute atomic E-state index is 2.51. The van der Waals surface area contributed by atoms with Gasteiger partial charge in [0.25, 0.3) is 8.07 Å². The molecule has 66 valence electrons. The van der Waals surface area contributed by atoms with Gasteiger partial charge in [0, 0.05) is 17.1 Å². The van der Waals surface area contributed by atoms with Crippen molar-refractivity contribution in [2.45, 2.75) is 39.3 Å². The van der Waals surface area contributed by atoms with Crippen molar-refractivity contribution in [3.63, 3.8) is 0 Å². The van der Waals surface area contributed by atoms with E-state index in [0.29, 0.717) is 0 Å². The molecule has 0 aromatic heterocycles. The highest BCUT2D eigenvalue weighted by molar-refractivity contribution is 8.04. The number of hydrogen-bond donors (Lipinski definition) is 0. The first kappa shape index (κ1) is 11.7. The van der Waals surface area contributed by atoms with E-state index in [2.05, 4.69) is 56.4 Å². The summed E-state index contributed by atoms with van der Waals surface area (Å²) in [4.78, 5) is 0. The second-order valence-corrected chi connectivity index (χ2v) is 17.6. The number of rotatable bonds is 4. The van der Waals surface area contributed by atoms with Crippen molar-refractivity contribution in [1.29, 1.82) is 0 Å². The average Bonchev–Trinajstić information content (AvgIpc) is 1.55. The Labute approximate surface area is 78.2 Å². The summed E-state index contributed by atoms with van der Waals surface area (Å²) in [7, 11) is -1.70. The van der Waals surface area contributed by atoms with Crippen LogP contribution < -0.4 is 0 Å². The van der Waals surface area contributed by atoms with Crippen LogP contribution in [0.2, 0.25) is 39.3 Å². The lowest BCUT2D eigenvalue weighted by Crippen LogP contribution is -2.26. The van der Waals surface area contributed by atoms with Gasteiger partial charge in [0.15, 0.2) is 0 Å². The largest absolute Gasteiger partial charge is 0.272 e. The van der Waals surface area contributed by atoms with Crippen LogP contribution >= 0.6 is 11.8 Å². The van der Waals surface area contributed by atoms with Gasteiger partial charge in [0.05, 0.1) is 13.5 Å². The Morgan fingerprint density at radius 1 is 1.00 bits per heavy atom. The minimum atomic E-state index is -0.897. The molecule has 0 aromatic carbocycles. The first-order chi connectivity index (χ1) is 4.71. The van der Waals surface area contributed by atoms with Crippen LogP contribution in [-0.2, 0) is 0 Å². The predicted octanol–water partition coefficient (Wildman–Crippen LogP) is 3.64. The van der Waals surface area contributed by atoms with Crippen molar-refractivity contribution in [3.8, 4) is 0 Å². The first-order valence-electron chi connectivity index (χ1n) is 4.17. The lowest BCUT2D eigenvalue weighted by molar-refractivity contribution is 1.67. The molecule has 0 heterocycles. The van der Waals surface area contributed by atoms with Crippen molar-refractivity contribution in [1.82, 2.24) is 0 Å². The minimum Gasteiger partial charge on any atom is -0.0688 e. The van der Waals surface area contributed by atoms with Crippen LogP contribution in [0.4, 0.5) is 0 Å². The molecular formula is C8H21SSi2+. The van der Waals surface area contributed by atoms with Gasteiger partial charge < -0.3 is 0 Å². The molecule has 0 amide bonds. The molecule has 0 bridgehead atoms. The van der Waals surface area contributed by atoms with E-state index in [1.165, 1.54) is 5.38 Å². The van der Waals surface area contributed by atoms with E-state index < -0.39 is 16.1 Å². The Hall–Kier alpha value is 0.654. The van der Waals surface area contributed by atoms with Crippen molar-refractivity contribution >= 4 is 27.9 Å². The fraction of sp³-hybridized carbons (Fsp3) is 0.875.